The molecule has 0 radical (unpaired) electrons. The summed E-state index contributed by atoms with van der Waals surface area (Å²) in [6.45, 7) is 3.93. The molecular weight excluding hydrogens is 550 g/mol. The average molecular weight is 596 g/mol. The summed E-state index contributed by atoms with van der Waals surface area (Å²) in [5, 5.41) is 26.1. The first-order valence-electron chi connectivity index (χ1n) is 15.6. The largest absolute Gasteiger partial charge is 0.497 e. The van der Waals surface area contributed by atoms with Gasteiger partial charge in [-0.05, 0) is 91.9 Å². The highest BCUT2D eigenvalue weighted by atomic mass is 16.5. The summed E-state index contributed by atoms with van der Waals surface area (Å²) < 4.78 is 10.4. The number of carbonyl (C=O) groups is 4. The van der Waals surface area contributed by atoms with Gasteiger partial charge in [-0.25, -0.2) is 0 Å². The van der Waals surface area contributed by atoms with Gasteiger partial charge in [0.05, 0.1) is 19.6 Å². The molecule has 4 aliphatic carbocycles. The Balaban J connectivity index is 1.12. The summed E-state index contributed by atoms with van der Waals surface area (Å²) in [6.07, 6.45) is 5.50. The molecule has 1 amide bonds. The first-order chi connectivity index (χ1) is 20.4. The Bertz CT molecular complexity index is 1290. The first-order valence-corrected chi connectivity index (χ1v) is 15.6. The van der Waals surface area contributed by atoms with Crippen LogP contribution in [0.4, 0.5) is 0 Å². The second-order valence-corrected chi connectivity index (χ2v) is 13.5. The third-order valence-corrected chi connectivity index (χ3v) is 11.3. The van der Waals surface area contributed by atoms with Crippen LogP contribution in [0.3, 0.4) is 0 Å². The Morgan fingerprint density at radius 1 is 1.05 bits per heavy atom. The van der Waals surface area contributed by atoms with E-state index in [1.807, 2.05) is 31.2 Å². The Hall–Kier alpha value is -3.04. The van der Waals surface area contributed by atoms with Crippen LogP contribution in [-0.2, 0) is 30.3 Å². The number of ketones is 2. The Labute approximate surface area is 253 Å². The van der Waals surface area contributed by atoms with Gasteiger partial charge in [-0.2, -0.15) is 0 Å². The van der Waals surface area contributed by atoms with Crippen molar-refractivity contribution in [1.82, 2.24) is 5.32 Å². The van der Waals surface area contributed by atoms with Crippen molar-refractivity contribution in [3.63, 3.8) is 0 Å². The highest BCUT2D eigenvalue weighted by Gasteiger charge is 2.68. The number of hydrogen-bond donors (Lipinski definition) is 3. The molecule has 43 heavy (non-hydrogen) atoms. The van der Waals surface area contributed by atoms with E-state index in [-0.39, 0.29) is 60.5 Å². The van der Waals surface area contributed by atoms with Gasteiger partial charge in [0.25, 0.3) is 0 Å². The van der Waals surface area contributed by atoms with Gasteiger partial charge in [0, 0.05) is 24.8 Å². The van der Waals surface area contributed by atoms with Gasteiger partial charge in [0.1, 0.15) is 11.4 Å². The maximum atomic E-state index is 13.4. The summed E-state index contributed by atoms with van der Waals surface area (Å²) >= 11 is 0. The number of fused-ring (bicyclic) bond motifs is 5. The zero-order chi connectivity index (χ0) is 31.0. The quantitative estimate of drug-likeness (QED) is 0.350. The second-order valence-electron chi connectivity index (χ2n) is 13.5. The van der Waals surface area contributed by atoms with E-state index in [1.54, 1.807) is 13.2 Å². The molecule has 4 aliphatic rings. The number of Topliss-reactive ketones (excluding diaryl/α,β-unsaturated/α-hetero) is 1. The van der Waals surface area contributed by atoms with E-state index < -0.39 is 35.5 Å². The van der Waals surface area contributed by atoms with Crippen LogP contribution in [0.5, 0.6) is 5.75 Å². The summed E-state index contributed by atoms with van der Waals surface area (Å²) in [4.78, 5) is 50.2. The van der Waals surface area contributed by atoms with Gasteiger partial charge < -0.3 is 25.0 Å². The number of aliphatic hydroxyl groups excluding tert-OH is 1. The van der Waals surface area contributed by atoms with Crippen LogP contribution >= 0.6 is 0 Å². The minimum absolute atomic E-state index is 0.0173. The second kappa shape index (κ2) is 12.2. The van der Waals surface area contributed by atoms with E-state index in [0.717, 1.165) is 36.1 Å². The lowest BCUT2D eigenvalue weighted by molar-refractivity contribution is -0.184. The zero-order valence-electron chi connectivity index (χ0n) is 25.5. The highest BCUT2D eigenvalue weighted by Crippen LogP contribution is 2.67. The number of benzene rings is 1. The smallest absolute Gasteiger partial charge is 0.306 e. The minimum Gasteiger partial charge on any atom is -0.497 e. The molecule has 0 heterocycles. The van der Waals surface area contributed by atoms with Crippen LogP contribution in [-0.4, -0.2) is 65.6 Å². The van der Waals surface area contributed by atoms with Gasteiger partial charge in [-0.15, -0.1) is 0 Å². The number of carbonyl (C=O) groups excluding carboxylic acids is 4. The number of allylic oxidation sites excluding steroid dienone is 1. The number of amides is 1. The van der Waals surface area contributed by atoms with Crippen LogP contribution in [0.25, 0.3) is 0 Å². The molecule has 0 aromatic heterocycles. The highest BCUT2D eigenvalue weighted by molar-refractivity contribution is 5.92. The van der Waals surface area contributed by atoms with Gasteiger partial charge in [-0.1, -0.05) is 31.6 Å². The van der Waals surface area contributed by atoms with Crippen LogP contribution in [0, 0.1) is 28.6 Å². The number of ether oxygens (including phenoxy) is 2. The first kappa shape index (κ1) is 31.4. The van der Waals surface area contributed by atoms with Crippen molar-refractivity contribution in [3.8, 4) is 5.75 Å². The summed E-state index contributed by atoms with van der Waals surface area (Å²) in [6, 6.07) is 7.56. The van der Waals surface area contributed by atoms with E-state index in [4.69, 9.17) is 9.47 Å². The molecule has 1 aromatic rings. The maximum Gasteiger partial charge on any atom is 0.306 e. The Kier molecular flexibility index (Phi) is 8.87. The van der Waals surface area contributed by atoms with Crippen LogP contribution in [0.2, 0.25) is 0 Å². The van der Waals surface area contributed by atoms with E-state index >= 15 is 0 Å². The SMILES string of the molecule is COc1ccc(CCNC(=O)CCC(=O)OCC(=O)[C@@]2(O)CC[C@@H]3[C@@H]4CCC5=CC(=O)CC[C@]5(C)[C@@H]4[C@H](O)C[C@@]32C)cc1. The normalized spacial score (nSPS) is 34.7. The van der Waals surface area contributed by atoms with Crippen LogP contribution in [0.1, 0.15) is 77.2 Å². The molecule has 3 fully saturated rings. The third-order valence-electron chi connectivity index (χ3n) is 11.3. The lowest BCUT2D eigenvalue weighted by Gasteiger charge is -2.60. The molecule has 1 aromatic carbocycles. The lowest BCUT2D eigenvalue weighted by atomic mass is 9.45. The molecular formula is C34H45NO8. The molecule has 3 saturated carbocycles. The number of rotatable bonds is 10. The molecule has 0 bridgehead atoms. The van der Waals surface area contributed by atoms with Crippen LogP contribution < -0.4 is 10.1 Å². The maximum absolute atomic E-state index is 13.4. The average Bonchev–Trinajstić information content (AvgIpc) is 3.25. The molecule has 0 spiro atoms. The van der Waals surface area contributed by atoms with Gasteiger partial charge in [-0.3, -0.25) is 19.2 Å². The van der Waals surface area contributed by atoms with Crippen molar-refractivity contribution in [1.29, 1.82) is 0 Å². The third kappa shape index (κ3) is 5.78. The van der Waals surface area contributed by atoms with Crippen molar-refractivity contribution in [3.05, 3.63) is 41.5 Å². The fourth-order valence-electron chi connectivity index (χ4n) is 8.93. The molecule has 0 aliphatic heterocycles. The summed E-state index contributed by atoms with van der Waals surface area (Å²) in [5.41, 5.74) is -0.620. The van der Waals surface area contributed by atoms with E-state index in [0.29, 0.717) is 25.8 Å². The molecule has 0 unspecified atom stereocenters. The number of esters is 1. The molecule has 5 rings (SSSR count). The molecule has 9 heteroatoms. The summed E-state index contributed by atoms with van der Waals surface area (Å²) in [7, 11) is 1.60. The van der Waals surface area contributed by atoms with Crippen molar-refractivity contribution in [2.75, 3.05) is 20.3 Å². The van der Waals surface area contributed by atoms with Gasteiger partial charge in [0.2, 0.25) is 11.7 Å². The van der Waals surface area contributed by atoms with E-state index in [1.165, 1.54) is 0 Å². The number of methoxy groups -OCH3 is 1. The number of hydrogen-bond acceptors (Lipinski definition) is 8. The van der Waals surface area contributed by atoms with Crippen molar-refractivity contribution in [2.45, 2.75) is 89.8 Å². The van der Waals surface area contributed by atoms with Gasteiger partial charge in [0.15, 0.2) is 12.4 Å². The topological polar surface area (TPSA) is 139 Å². The summed E-state index contributed by atoms with van der Waals surface area (Å²) in [5.74, 6) is -0.424. The fourth-order valence-corrected chi connectivity index (χ4v) is 8.93. The number of nitrogens with one attached hydrogen (secondary N) is 1. The molecule has 3 N–H and O–H groups in total. The lowest BCUT2D eigenvalue weighted by Crippen LogP contribution is -2.62. The predicted molar refractivity (Wildman–Crippen MR) is 158 cm³/mol. The molecule has 9 nitrogen and oxygen atoms in total. The van der Waals surface area contributed by atoms with Crippen molar-refractivity contribution < 1.29 is 38.9 Å². The van der Waals surface area contributed by atoms with Crippen LogP contribution in [0.15, 0.2) is 35.9 Å². The molecule has 7 atom stereocenters. The molecule has 234 valence electrons. The molecule has 0 saturated heterocycles. The Morgan fingerprint density at radius 2 is 1.79 bits per heavy atom. The fraction of sp³-hybridized carbons (Fsp3) is 0.647. The monoisotopic (exact) mass is 595 g/mol. The van der Waals surface area contributed by atoms with E-state index in [2.05, 4.69) is 12.2 Å². The zero-order valence-corrected chi connectivity index (χ0v) is 25.5. The predicted octanol–water partition coefficient (Wildman–Crippen LogP) is 3.48. The number of aliphatic hydroxyl groups is 2. The minimum atomic E-state index is -1.71. The standard InChI is InChI=1S/C34H45NO8/c1-32-15-12-23(36)18-22(32)6-9-25-26-13-16-34(41,33(26,2)19-27(37)31(25)32)28(38)20-43-30(40)11-10-29(39)35-17-14-21-4-7-24(42-3)8-5-21/h4-5,7-8,18,25-27,31,37,41H,6,9-17,19-20H2,1-3H3,(H,35,39)/t25-,26+,27+,31-,32-,33-,34-/m0/s1. The van der Waals surface area contributed by atoms with Crippen molar-refractivity contribution in [2.24, 2.45) is 28.6 Å². The van der Waals surface area contributed by atoms with E-state index in [9.17, 15) is 29.4 Å². The van der Waals surface area contributed by atoms with Gasteiger partial charge >= 0.3 is 5.97 Å². The Morgan fingerprint density at radius 3 is 2.51 bits per heavy atom. The van der Waals surface area contributed by atoms with Crippen molar-refractivity contribution >= 4 is 23.4 Å².